The first kappa shape index (κ1) is 21.0. The molecule has 0 saturated carbocycles. The number of aromatic nitrogens is 2. The molecule has 1 aliphatic rings. The molecule has 7 nitrogen and oxygen atoms in total. The summed E-state index contributed by atoms with van der Waals surface area (Å²) in [7, 11) is 0. The molecule has 29 heavy (non-hydrogen) atoms. The van der Waals surface area contributed by atoms with Crippen LogP contribution in [0.2, 0.25) is 0 Å². The zero-order valence-electron chi connectivity index (χ0n) is 17.8. The SMILES string of the molecule is CC(C)C(=O)NCc1cnn(-c2ccc(C(=O)N3CCN(C(C)C)CC3)cc2)c1. The summed E-state index contributed by atoms with van der Waals surface area (Å²) in [5.41, 5.74) is 2.51. The molecular formula is C22H31N5O2. The molecule has 2 amide bonds. The van der Waals surface area contributed by atoms with Gasteiger partial charge >= 0.3 is 0 Å². The molecule has 1 fully saturated rings. The van der Waals surface area contributed by atoms with Gasteiger partial charge in [-0.1, -0.05) is 13.8 Å². The number of benzene rings is 1. The molecule has 1 aromatic carbocycles. The standard InChI is InChI=1S/C22H31N5O2/c1-16(2)21(28)23-13-18-14-24-27(15-18)20-7-5-19(6-8-20)22(29)26-11-9-25(10-12-26)17(3)4/h5-8,14-17H,9-13H2,1-4H3,(H,23,28). The highest BCUT2D eigenvalue weighted by molar-refractivity contribution is 5.94. The van der Waals surface area contributed by atoms with Crippen LogP contribution in [-0.2, 0) is 11.3 Å². The topological polar surface area (TPSA) is 70.5 Å². The van der Waals surface area contributed by atoms with Crippen LogP contribution in [-0.4, -0.2) is 63.6 Å². The second-order valence-electron chi connectivity index (χ2n) is 8.13. The fourth-order valence-corrected chi connectivity index (χ4v) is 3.37. The monoisotopic (exact) mass is 397 g/mol. The predicted octanol–water partition coefficient (Wildman–Crippen LogP) is 2.31. The summed E-state index contributed by atoms with van der Waals surface area (Å²) < 4.78 is 1.76. The first-order valence-corrected chi connectivity index (χ1v) is 10.3. The van der Waals surface area contributed by atoms with Crippen molar-refractivity contribution in [3.63, 3.8) is 0 Å². The second-order valence-corrected chi connectivity index (χ2v) is 8.13. The molecule has 1 aliphatic heterocycles. The fraction of sp³-hybridized carbons (Fsp3) is 0.500. The van der Waals surface area contributed by atoms with Crippen molar-refractivity contribution in [1.29, 1.82) is 0 Å². The van der Waals surface area contributed by atoms with Crippen LogP contribution in [0.5, 0.6) is 0 Å². The van der Waals surface area contributed by atoms with E-state index in [1.54, 1.807) is 10.9 Å². The maximum atomic E-state index is 12.8. The first-order chi connectivity index (χ1) is 13.8. The molecular weight excluding hydrogens is 366 g/mol. The lowest BCUT2D eigenvalue weighted by molar-refractivity contribution is -0.124. The van der Waals surface area contributed by atoms with Crippen molar-refractivity contribution < 1.29 is 9.59 Å². The lowest BCUT2D eigenvalue weighted by Gasteiger charge is -2.37. The van der Waals surface area contributed by atoms with E-state index in [1.807, 2.05) is 49.2 Å². The summed E-state index contributed by atoms with van der Waals surface area (Å²) in [6.45, 7) is 11.9. The van der Waals surface area contributed by atoms with Gasteiger partial charge in [-0.15, -0.1) is 0 Å². The maximum absolute atomic E-state index is 12.8. The van der Waals surface area contributed by atoms with Crippen LogP contribution in [0.3, 0.4) is 0 Å². The molecule has 0 unspecified atom stereocenters. The van der Waals surface area contributed by atoms with Gasteiger partial charge in [0, 0.05) is 62.0 Å². The first-order valence-electron chi connectivity index (χ1n) is 10.3. The summed E-state index contributed by atoms with van der Waals surface area (Å²) in [4.78, 5) is 28.8. The lowest BCUT2D eigenvalue weighted by atomic mass is 10.1. The number of hydrogen-bond donors (Lipinski definition) is 1. The van der Waals surface area contributed by atoms with Crippen LogP contribution >= 0.6 is 0 Å². The van der Waals surface area contributed by atoms with Gasteiger partial charge in [0.2, 0.25) is 5.91 Å². The third-order valence-corrected chi connectivity index (χ3v) is 5.34. The van der Waals surface area contributed by atoms with E-state index in [0.29, 0.717) is 18.2 Å². The minimum Gasteiger partial charge on any atom is -0.352 e. The Morgan fingerprint density at radius 3 is 2.28 bits per heavy atom. The van der Waals surface area contributed by atoms with E-state index < -0.39 is 0 Å². The molecule has 0 radical (unpaired) electrons. The maximum Gasteiger partial charge on any atom is 0.253 e. The number of carbonyl (C=O) groups excluding carboxylic acids is 2. The Bertz CT molecular complexity index is 833. The van der Waals surface area contributed by atoms with Gasteiger partial charge < -0.3 is 10.2 Å². The van der Waals surface area contributed by atoms with Crippen molar-refractivity contribution in [3.8, 4) is 5.69 Å². The Labute approximate surface area is 172 Å². The van der Waals surface area contributed by atoms with E-state index in [1.165, 1.54) is 0 Å². The number of piperazine rings is 1. The summed E-state index contributed by atoms with van der Waals surface area (Å²) in [6, 6.07) is 8.04. The third kappa shape index (κ3) is 5.23. The Morgan fingerprint density at radius 2 is 1.69 bits per heavy atom. The van der Waals surface area contributed by atoms with Crippen molar-refractivity contribution >= 4 is 11.8 Å². The predicted molar refractivity (Wildman–Crippen MR) is 113 cm³/mol. The average Bonchev–Trinajstić information content (AvgIpc) is 3.20. The summed E-state index contributed by atoms with van der Waals surface area (Å²) in [5, 5.41) is 7.25. The molecule has 7 heteroatoms. The van der Waals surface area contributed by atoms with E-state index in [0.717, 1.165) is 37.4 Å². The highest BCUT2D eigenvalue weighted by Gasteiger charge is 2.23. The molecule has 0 bridgehead atoms. The molecule has 0 spiro atoms. The third-order valence-electron chi connectivity index (χ3n) is 5.34. The molecule has 2 heterocycles. The van der Waals surface area contributed by atoms with E-state index in [4.69, 9.17) is 0 Å². The highest BCUT2D eigenvalue weighted by Crippen LogP contribution is 2.14. The number of nitrogens with one attached hydrogen (secondary N) is 1. The van der Waals surface area contributed by atoms with Crippen LogP contribution in [0.4, 0.5) is 0 Å². The number of hydrogen-bond acceptors (Lipinski definition) is 4. The highest BCUT2D eigenvalue weighted by atomic mass is 16.2. The van der Waals surface area contributed by atoms with Crippen LogP contribution in [0.15, 0.2) is 36.7 Å². The normalized spacial score (nSPS) is 15.2. The zero-order valence-corrected chi connectivity index (χ0v) is 17.8. The van der Waals surface area contributed by atoms with Gasteiger partial charge in [0.25, 0.3) is 5.91 Å². The minimum atomic E-state index is -0.0384. The van der Waals surface area contributed by atoms with Gasteiger partial charge in [-0.2, -0.15) is 5.10 Å². The molecule has 1 saturated heterocycles. The van der Waals surface area contributed by atoms with Crippen molar-refractivity contribution in [2.75, 3.05) is 26.2 Å². The van der Waals surface area contributed by atoms with E-state index in [9.17, 15) is 9.59 Å². The zero-order chi connectivity index (χ0) is 21.0. The Morgan fingerprint density at radius 1 is 1.03 bits per heavy atom. The van der Waals surface area contributed by atoms with Crippen molar-refractivity contribution in [3.05, 3.63) is 47.8 Å². The van der Waals surface area contributed by atoms with Crippen LogP contribution < -0.4 is 5.32 Å². The van der Waals surface area contributed by atoms with E-state index in [2.05, 4.69) is 29.2 Å². The Hall–Kier alpha value is -2.67. The van der Waals surface area contributed by atoms with Crippen LogP contribution in [0.25, 0.3) is 5.69 Å². The van der Waals surface area contributed by atoms with Crippen molar-refractivity contribution in [2.45, 2.75) is 40.3 Å². The van der Waals surface area contributed by atoms with Crippen molar-refractivity contribution in [1.82, 2.24) is 24.9 Å². The van der Waals surface area contributed by atoms with Gasteiger partial charge in [-0.25, -0.2) is 4.68 Å². The van der Waals surface area contributed by atoms with E-state index in [-0.39, 0.29) is 17.7 Å². The Balaban J connectivity index is 1.59. The largest absolute Gasteiger partial charge is 0.352 e. The van der Waals surface area contributed by atoms with Gasteiger partial charge in [0.15, 0.2) is 0 Å². The average molecular weight is 398 g/mol. The molecule has 156 valence electrons. The number of rotatable bonds is 6. The molecule has 0 aliphatic carbocycles. The summed E-state index contributed by atoms with van der Waals surface area (Å²) >= 11 is 0. The Kier molecular flexibility index (Phi) is 6.69. The second kappa shape index (κ2) is 9.22. The number of carbonyl (C=O) groups is 2. The van der Waals surface area contributed by atoms with Crippen molar-refractivity contribution in [2.24, 2.45) is 5.92 Å². The number of nitrogens with zero attached hydrogens (tertiary/aromatic N) is 4. The van der Waals surface area contributed by atoms with Gasteiger partial charge in [-0.3, -0.25) is 14.5 Å². The fourth-order valence-electron chi connectivity index (χ4n) is 3.37. The van der Waals surface area contributed by atoms with Crippen LogP contribution in [0.1, 0.15) is 43.6 Å². The minimum absolute atomic E-state index is 0.0230. The molecule has 0 atom stereocenters. The summed E-state index contributed by atoms with van der Waals surface area (Å²) in [5.74, 6) is 0.0656. The van der Waals surface area contributed by atoms with Gasteiger partial charge in [0.05, 0.1) is 11.9 Å². The quantitative estimate of drug-likeness (QED) is 0.812. The molecule has 1 N–H and O–H groups in total. The number of amides is 2. The summed E-state index contributed by atoms with van der Waals surface area (Å²) in [6.07, 6.45) is 3.64. The van der Waals surface area contributed by atoms with Gasteiger partial charge in [-0.05, 0) is 38.1 Å². The van der Waals surface area contributed by atoms with E-state index >= 15 is 0 Å². The molecule has 2 aromatic rings. The molecule has 3 rings (SSSR count). The smallest absolute Gasteiger partial charge is 0.253 e. The lowest BCUT2D eigenvalue weighted by Crippen LogP contribution is -2.50. The molecule has 1 aromatic heterocycles. The van der Waals surface area contributed by atoms with Crippen LogP contribution in [0, 0.1) is 5.92 Å². The van der Waals surface area contributed by atoms with Gasteiger partial charge in [0.1, 0.15) is 0 Å².